The lowest BCUT2D eigenvalue weighted by Crippen LogP contribution is -2.26. The van der Waals surface area contributed by atoms with Crippen LogP contribution in [0.5, 0.6) is 0 Å². The lowest BCUT2D eigenvalue weighted by Gasteiger charge is -2.12. The smallest absolute Gasteiger partial charge is 0.306 e. The Hall–Kier alpha value is -2.36. The first-order valence-corrected chi connectivity index (χ1v) is 10.5. The molecule has 0 fully saturated rings. The van der Waals surface area contributed by atoms with E-state index >= 15 is 0 Å². The summed E-state index contributed by atoms with van der Waals surface area (Å²) in [5.74, 6) is 0.545. The van der Waals surface area contributed by atoms with Crippen molar-refractivity contribution in [1.29, 1.82) is 0 Å². The van der Waals surface area contributed by atoms with E-state index in [1.807, 2.05) is 30.3 Å². The second-order valence-electron chi connectivity index (χ2n) is 7.54. The number of unbranched alkanes of at least 4 members (excludes halogenated alkanes) is 4. The fraction of sp³-hybridized carbons (Fsp3) is 0.500. The van der Waals surface area contributed by atoms with Gasteiger partial charge in [-0.05, 0) is 36.3 Å². The SMILES string of the molecule is CC1C=CC(COC(=O)CCCCCCCNC(=O)Cc2ccccc2)=CC1.[HH]. The molecule has 0 aromatic heterocycles. The van der Waals surface area contributed by atoms with Crippen LogP contribution in [0.25, 0.3) is 0 Å². The van der Waals surface area contributed by atoms with Gasteiger partial charge in [-0.3, -0.25) is 9.59 Å². The highest BCUT2D eigenvalue weighted by Gasteiger charge is 2.07. The Bertz CT molecular complexity index is 670. The molecule has 154 valence electrons. The minimum Gasteiger partial charge on any atom is -0.461 e. The minimum absolute atomic E-state index is 0. The van der Waals surface area contributed by atoms with Crippen LogP contribution in [-0.4, -0.2) is 25.0 Å². The average molecular weight is 386 g/mol. The van der Waals surface area contributed by atoms with Crippen LogP contribution in [0.2, 0.25) is 0 Å². The number of hydrogen-bond acceptors (Lipinski definition) is 3. The fourth-order valence-electron chi connectivity index (χ4n) is 3.11. The van der Waals surface area contributed by atoms with E-state index in [1.165, 1.54) is 0 Å². The molecule has 4 heteroatoms. The molecule has 0 spiro atoms. The summed E-state index contributed by atoms with van der Waals surface area (Å²) in [6.45, 7) is 3.29. The zero-order chi connectivity index (χ0) is 20.0. The molecular weight excluding hydrogens is 350 g/mol. The molecule has 0 saturated carbocycles. The van der Waals surface area contributed by atoms with Crippen molar-refractivity contribution in [2.45, 2.75) is 58.3 Å². The van der Waals surface area contributed by atoms with Gasteiger partial charge in [-0.1, -0.05) is 74.7 Å². The van der Waals surface area contributed by atoms with E-state index in [9.17, 15) is 9.59 Å². The molecule has 4 nitrogen and oxygen atoms in total. The van der Waals surface area contributed by atoms with Crippen molar-refractivity contribution >= 4 is 11.9 Å². The predicted octanol–water partition coefficient (Wildman–Crippen LogP) is 5.00. The van der Waals surface area contributed by atoms with Gasteiger partial charge in [-0.15, -0.1) is 0 Å². The molecule has 0 bridgehead atoms. The van der Waals surface area contributed by atoms with Gasteiger partial charge >= 0.3 is 5.97 Å². The summed E-state index contributed by atoms with van der Waals surface area (Å²) < 4.78 is 5.33. The van der Waals surface area contributed by atoms with E-state index in [1.54, 1.807) is 0 Å². The molecule has 1 atom stereocenters. The van der Waals surface area contributed by atoms with Gasteiger partial charge in [-0.25, -0.2) is 0 Å². The van der Waals surface area contributed by atoms with Gasteiger partial charge in [0.25, 0.3) is 0 Å². The number of nitrogens with one attached hydrogen (secondary N) is 1. The predicted molar refractivity (Wildman–Crippen MR) is 115 cm³/mol. The zero-order valence-corrected chi connectivity index (χ0v) is 17.0. The van der Waals surface area contributed by atoms with Gasteiger partial charge in [0.05, 0.1) is 6.42 Å². The van der Waals surface area contributed by atoms with Crippen molar-refractivity contribution in [3.63, 3.8) is 0 Å². The van der Waals surface area contributed by atoms with Gasteiger partial charge < -0.3 is 10.1 Å². The number of carbonyl (C=O) groups excluding carboxylic acids is 2. The van der Waals surface area contributed by atoms with Crippen molar-refractivity contribution in [3.05, 3.63) is 59.7 Å². The molecule has 0 radical (unpaired) electrons. The highest BCUT2D eigenvalue weighted by molar-refractivity contribution is 5.78. The summed E-state index contributed by atoms with van der Waals surface area (Å²) in [5, 5.41) is 2.97. The second-order valence-corrected chi connectivity index (χ2v) is 7.54. The minimum atomic E-state index is -0.110. The molecule has 1 aliphatic rings. The Kier molecular flexibility index (Phi) is 10.1. The van der Waals surface area contributed by atoms with Crippen LogP contribution < -0.4 is 5.32 Å². The van der Waals surface area contributed by atoms with Crippen molar-refractivity contribution in [2.24, 2.45) is 5.92 Å². The van der Waals surface area contributed by atoms with Crippen LogP contribution in [-0.2, 0) is 20.7 Å². The maximum absolute atomic E-state index is 11.8. The van der Waals surface area contributed by atoms with Crippen molar-refractivity contribution in [1.82, 2.24) is 5.32 Å². The standard InChI is InChI=1S/C24H33NO3.H2/c1-20-13-15-22(16-14-20)19-28-24(27)12-8-3-2-4-9-17-25-23(26)18-21-10-6-5-7-11-21;/h5-7,10-11,13,15-16,20H,2-4,8-9,12,14,17-19H2,1H3,(H,25,26);1H. The van der Waals surface area contributed by atoms with E-state index in [0.29, 0.717) is 25.4 Å². The van der Waals surface area contributed by atoms with Crippen molar-refractivity contribution in [3.8, 4) is 0 Å². The van der Waals surface area contributed by atoms with E-state index in [0.717, 1.165) is 56.2 Å². The van der Waals surface area contributed by atoms with Crippen LogP contribution in [0, 0.1) is 5.92 Å². The van der Waals surface area contributed by atoms with E-state index < -0.39 is 0 Å². The van der Waals surface area contributed by atoms with Gasteiger partial charge in [0.15, 0.2) is 0 Å². The van der Waals surface area contributed by atoms with Gasteiger partial charge in [0.2, 0.25) is 5.91 Å². The maximum Gasteiger partial charge on any atom is 0.306 e. The molecule has 0 saturated heterocycles. The summed E-state index contributed by atoms with van der Waals surface area (Å²) in [6, 6.07) is 9.78. The van der Waals surface area contributed by atoms with Gasteiger partial charge in [0.1, 0.15) is 6.61 Å². The van der Waals surface area contributed by atoms with Crippen molar-refractivity contribution < 1.29 is 15.8 Å². The molecule has 1 aliphatic carbocycles. The third kappa shape index (κ3) is 9.54. The molecular formula is C24H35NO3. The van der Waals surface area contributed by atoms with Crippen LogP contribution >= 0.6 is 0 Å². The van der Waals surface area contributed by atoms with Crippen LogP contribution in [0.4, 0.5) is 0 Å². The van der Waals surface area contributed by atoms with Crippen LogP contribution in [0.15, 0.2) is 54.1 Å². The van der Waals surface area contributed by atoms with Crippen LogP contribution in [0.3, 0.4) is 0 Å². The number of ether oxygens (including phenoxy) is 1. The number of amides is 1. The van der Waals surface area contributed by atoms with Gasteiger partial charge in [-0.2, -0.15) is 0 Å². The monoisotopic (exact) mass is 385 g/mol. The third-order valence-corrected chi connectivity index (χ3v) is 4.88. The number of allylic oxidation sites excluding steroid dienone is 2. The third-order valence-electron chi connectivity index (χ3n) is 4.88. The lowest BCUT2D eigenvalue weighted by atomic mass is 9.99. The second kappa shape index (κ2) is 12.9. The Labute approximate surface area is 170 Å². The Balaban J connectivity index is 0.00000420. The Morgan fingerprint density at radius 3 is 2.61 bits per heavy atom. The maximum atomic E-state index is 11.8. The number of rotatable bonds is 12. The highest BCUT2D eigenvalue weighted by Crippen LogP contribution is 2.16. The molecule has 1 N–H and O–H groups in total. The van der Waals surface area contributed by atoms with Crippen LogP contribution in [0.1, 0.15) is 58.9 Å². The zero-order valence-electron chi connectivity index (χ0n) is 17.0. The molecule has 1 aromatic rings. The largest absolute Gasteiger partial charge is 0.461 e. The topological polar surface area (TPSA) is 55.4 Å². The highest BCUT2D eigenvalue weighted by atomic mass is 16.5. The average Bonchev–Trinajstić information content (AvgIpc) is 2.70. The number of carbonyl (C=O) groups is 2. The van der Waals surface area contributed by atoms with E-state index in [-0.39, 0.29) is 13.3 Å². The Morgan fingerprint density at radius 2 is 1.86 bits per heavy atom. The summed E-state index contributed by atoms with van der Waals surface area (Å²) in [7, 11) is 0. The first-order valence-electron chi connectivity index (χ1n) is 10.5. The summed E-state index contributed by atoms with van der Waals surface area (Å²) >= 11 is 0. The summed E-state index contributed by atoms with van der Waals surface area (Å²) in [5.41, 5.74) is 2.14. The molecule has 1 amide bonds. The molecule has 0 heterocycles. The normalized spacial score (nSPS) is 15.8. The fourth-order valence-corrected chi connectivity index (χ4v) is 3.11. The molecule has 28 heavy (non-hydrogen) atoms. The Morgan fingerprint density at radius 1 is 1.11 bits per heavy atom. The summed E-state index contributed by atoms with van der Waals surface area (Å²) in [4.78, 5) is 23.6. The molecule has 1 unspecified atom stereocenters. The molecule has 1 aromatic carbocycles. The van der Waals surface area contributed by atoms with E-state index in [2.05, 4.69) is 30.5 Å². The summed E-state index contributed by atoms with van der Waals surface area (Å²) in [6.07, 6.45) is 13.3. The lowest BCUT2D eigenvalue weighted by molar-refractivity contribution is -0.142. The quantitative estimate of drug-likeness (QED) is 0.407. The number of esters is 1. The first-order chi connectivity index (χ1) is 13.6. The van der Waals surface area contributed by atoms with Crippen molar-refractivity contribution in [2.75, 3.05) is 13.2 Å². The van der Waals surface area contributed by atoms with Gasteiger partial charge in [0, 0.05) is 14.4 Å². The number of hydrogen-bond donors (Lipinski definition) is 1. The van der Waals surface area contributed by atoms with E-state index in [4.69, 9.17) is 4.74 Å². The first kappa shape index (κ1) is 21.9. The number of benzene rings is 1. The molecule has 0 aliphatic heterocycles. The molecule has 2 rings (SSSR count).